The highest BCUT2D eigenvalue weighted by molar-refractivity contribution is 7.47. The van der Waals surface area contributed by atoms with Gasteiger partial charge in [0, 0.05) is 25.7 Å². The maximum absolute atomic E-state index is 13.1. The van der Waals surface area contributed by atoms with Crippen LogP contribution >= 0.6 is 15.6 Å². The van der Waals surface area contributed by atoms with E-state index in [1.54, 1.807) is 0 Å². The van der Waals surface area contributed by atoms with E-state index in [2.05, 4.69) is 55.4 Å². The monoisotopic (exact) mass is 1370 g/mol. The molecule has 93 heavy (non-hydrogen) atoms. The van der Waals surface area contributed by atoms with E-state index in [-0.39, 0.29) is 25.7 Å². The van der Waals surface area contributed by atoms with Crippen LogP contribution in [0.15, 0.2) is 0 Å². The fourth-order valence-electron chi connectivity index (χ4n) is 11.2. The molecule has 6 atom stereocenters. The highest BCUT2D eigenvalue weighted by atomic mass is 31.2. The molecule has 0 spiro atoms. The minimum atomic E-state index is -4.96. The predicted octanol–water partition coefficient (Wildman–Crippen LogP) is 21.3. The molecule has 0 saturated carbocycles. The van der Waals surface area contributed by atoms with Gasteiger partial charge in [-0.2, -0.15) is 0 Å². The number of aliphatic hydroxyl groups is 1. The van der Waals surface area contributed by atoms with Crippen LogP contribution in [-0.2, 0) is 65.4 Å². The van der Waals surface area contributed by atoms with Crippen molar-refractivity contribution in [1.29, 1.82) is 0 Å². The number of carbonyl (C=O) groups excluding carboxylic acids is 4. The molecule has 0 amide bonds. The number of ether oxygens (including phenoxy) is 4. The van der Waals surface area contributed by atoms with E-state index in [1.165, 1.54) is 167 Å². The average molecular weight is 1370 g/mol. The van der Waals surface area contributed by atoms with Crippen molar-refractivity contribution in [1.82, 2.24) is 0 Å². The van der Waals surface area contributed by atoms with E-state index in [9.17, 15) is 43.2 Å². The summed E-state index contributed by atoms with van der Waals surface area (Å²) >= 11 is 0. The quantitative estimate of drug-likeness (QED) is 0.0222. The highest BCUT2D eigenvalue weighted by Crippen LogP contribution is 2.45. The number of esters is 4. The Hall–Kier alpha value is -1.94. The Morgan fingerprint density at radius 2 is 0.516 bits per heavy atom. The summed E-state index contributed by atoms with van der Waals surface area (Å²) in [6, 6.07) is 0. The first-order valence-electron chi connectivity index (χ1n) is 38.2. The Kier molecular flexibility index (Phi) is 62.2. The Morgan fingerprint density at radius 3 is 0.763 bits per heavy atom. The molecule has 0 aromatic carbocycles. The summed E-state index contributed by atoms with van der Waals surface area (Å²) in [4.78, 5) is 72.7. The van der Waals surface area contributed by atoms with Gasteiger partial charge in [0.15, 0.2) is 12.2 Å². The van der Waals surface area contributed by atoms with Gasteiger partial charge in [-0.05, 0) is 49.4 Å². The highest BCUT2D eigenvalue weighted by Gasteiger charge is 2.30. The van der Waals surface area contributed by atoms with Gasteiger partial charge in [0.2, 0.25) is 0 Å². The number of hydrogen-bond donors (Lipinski definition) is 3. The lowest BCUT2D eigenvalue weighted by atomic mass is 9.99. The van der Waals surface area contributed by atoms with Crippen LogP contribution in [0.1, 0.15) is 370 Å². The average Bonchev–Trinajstić information content (AvgIpc) is 1.62. The zero-order valence-corrected chi connectivity index (χ0v) is 62.7. The lowest BCUT2D eigenvalue weighted by molar-refractivity contribution is -0.161. The molecule has 0 heterocycles. The molecule has 0 saturated heterocycles. The maximum Gasteiger partial charge on any atom is 0.472 e. The molecule has 552 valence electrons. The van der Waals surface area contributed by atoms with Crippen molar-refractivity contribution in [2.24, 2.45) is 23.7 Å². The lowest BCUT2D eigenvalue weighted by Crippen LogP contribution is -2.30. The van der Waals surface area contributed by atoms with Gasteiger partial charge in [-0.25, -0.2) is 9.13 Å². The van der Waals surface area contributed by atoms with Crippen LogP contribution in [0.3, 0.4) is 0 Å². The van der Waals surface area contributed by atoms with Gasteiger partial charge in [-0.3, -0.25) is 37.3 Å². The van der Waals surface area contributed by atoms with Crippen LogP contribution in [-0.4, -0.2) is 96.7 Å². The second-order valence-electron chi connectivity index (χ2n) is 28.4. The normalized spacial score (nSPS) is 14.5. The van der Waals surface area contributed by atoms with E-state index in [1.807, 2.05) is 0 Å². The molecule has 17 nitrogen and oxygen atoms in total. The van der Waals surface area contributed by atoms with Crippen LogP contribution < -0.4 is 0 Å². The Bertz CT molecular complexity index is 1840. The predicted molar refractivity (Wildman–Crippen MR) is 377 cm³/mol. The molecular weight excluding hydrogens is 1220 g/mol. The molecule has 0 rings (SSSR count). The topological polar surface area (TPSA) is 237 Å². The molecule has 0 aliphatic carbocycles. The Morgan fingerprint density at radius 1 is 0.301 bits per heavy atom. The van der Waals surface area contributed by atoms with Gasteiger partial charge < -0.3 is 33.8 Å². The third-order valence-corrected chi connectivity index (χ3v) is 19.3. The smallest absolute Gasteiger partial charge is 0.462 e. The van der Waals surface area contributed by atoms with E-state index in [4.69, 9.17) is 37.0 Å². The summed E-state index contributed by atoms with van der Waals surface area (Å²) in [6.07, 6.45) is 47.3. The van der Waals surface area contributed by atoms with E-state index in [0.717, 1.165) is 114 Å². The Balaban J connectivity index is 5.24. The van der Waals surface area contributed by atoms with Gasteiger partial charge in [-0.1, -0.05) is 319 Å². The number of aliphatic hydroxyl groups excluding tert-OH is 1. The van der Waals surface area contributed by atoms with Crippen LogP contribution in [0.25, 0.3) is 0 Å². The lowest BCUT2D eigenvalue weighted by Gasteiger charge is -2.21. The van der Waals surface area contributed by atoms with Crippen molar-refractivity contribution in [2.45, 2.75) is 388 Å². The van der Waals surface area contributed by atoms with Gasteiger partial charge in [0.25, 0.3) is 0 Å². The summed E-state index contributed by atoms with van der Waals surface area (Å²) in [6.45, 7) is 14.1. The fraction of sp³-hybridized carbons (Fsp3) is 0.946. The van der Waals surface area contributed by atoms with Crippen molar-refractivity contribution in [2.75, 3.05) is 39.6 Å². The van der Waals surface area contributed by atoms with E-state index >= 15 is 0 Å². The van der Waals surface area contributed by atoms with Gasteiger partial charge >= 0.3 is 39.5 Å². The molecule has 4 unspecified atom stereocenters. The zero-order chi connectivity index (χ0) is 68.9. The van der Waals surface area contributed by atoms with Gasteiger partial charge in [0.05, 0.1) is 26.4 Å². The second kappa shape index (κ2) is 63.5. The standard InChI is InChI=1S/C74H144O17P2/c1-9-67(8)53-45-37-29-20-16-12-10-11-13-17-22-31-40-48-56-73(78)90-69(60-84-71(76)54-46-38-30-21-18-14-15-19-26-34-42-50-64(2)3)62-88-92(80,81)86-58-68(75)59-87-93(82,83)89-63-70(61-85-72(77)55-47-39-33-25-28-36-44-52-66(6)7)91-74(79)57-49-41-32-24-23-27-35-43-51-65(4)5/h64-70,75H,9-63H2,1-8H3,(H,80,81)(H,82,83)/t67?,68?,69-,70-/m1/s1. The number of hydrogen-bond acceptors (Lipinski definition) is 15. The molecule has 0 radical (unpaired) electrons. The third-order valence-electron chi connectivity index (χ3n) is 17.4. The van der Waals surface area contributed by atoms with Crippen molar-refractivity contribution in [3.05, 3.63) is 0 Å². The number of carbonyl (C=O) groups is 4. The number of phosphoric ester groups is 2. The molecule has 19 heteroatoms. The van der Waals surface area contributed by atoms with Crippen LogP contribution in [0, 0.1) is 23.7 Å². The van der Waals surface area contributed by atoms with Crippen molar-refractivity contribution < 1.29 is 80.2 Å². The molecule has 0 aromatic rings. The summed E-state index contributed by atoms with van der Waals surface area (Å²) in [5, 5.41) is 10.6. The van der Waals surface area contributed by atoms with Crippen molar-refractivity contribution >= 4 is 39.5 Å². The summed E-state index contributed by atoms with van der Waals surface area (Å²) in [5.41, 5.74) is 0. The second-order valence-corrected chi connectivity index (χ2v) is 31.3. The minimum absolute atomic E-state index is 0.103. The first-order valence-corrected chi connectivity index (χ1v) is 41.2. The van der Waals surface area contributed by atoms with Crippen molar-refractivity contribution in [3.63, 3.8) is 0 Å². The van der Waals surface area contributed by atoms with Gasteiger partial charge in [-0.15, -0.1) is 0 Å². The number of unbranched alkanes of at least 4 members (excludes halogenated alkanes) is 36. The first-order chi connectivity index (χ1) is 44.6. The Labute approximate surface area is 568 Å². The first kappa shape index (κ1) is 91.1. The van der Waals surface area contributed by atoms with E-state index < -0.39 is 97.5 Å². The number of phosphoric acid groups is 2. The van der Waals surface area contributed by atoms with Crippen LogP contribution in [0.2, 0.25) is 0 Å². The minimum Gasteiger partial charge on any atom is -0.462 e. The molecule has 0 aliphatic heterocycles. The maximum atomic E-state index is 13.1. The third kappa shape index (κ3) is 67.0. The van der Waals surface area contributed by atoms with Crippen LogP contribution in [0.5, 0.6) is 0 Å². The SMILES string of the molecule is CCC(C)CCCCCCCCCCCCCCCCC(=O)O[C@H](COC(=O)CCCCCCCCCCCCCC(C)C)COP(=O)(O)OCC(O)COP(=O)(O)OC[C@@H](COC(=O)CCCCCCCCCC(C)C)OC(=O)CCCCCCCCCCC(C)C. The van der Waals surface area contributed by atoms with Gasteiger partial charge in [0.1, 0.15) is 19.3 Å². The number of rotatable bonds is 71. The van der Waals surface area contributed by atoms with Crippen molar-refractivity contribution in [3.8, 4) is 0 Å². The summed E-state index contributed by atoms with van der Waals surface area (Å²) in [5.74, 6) is 0.915. The largest absolute Gasteiger partial charge is 0.472 e. The fourth-order valence-corrected chi connectivity index (χ4v) is 12.7. The molecule has 0 fully saturated rings. The molecule has 3 N–H and O–H groups in total. The molecule has 0 bridgehead atoms. The zero-order valence-electron chi connectivity index (χ0n) is 60.9. The molecule has 0 aliphatic rings. The summed E-state index contributed by atoms with van der Waals surface area (Å²) in [7, 11) is -9.91. The van der Waals surface area contributed by atoms with E-state index in [0.29, 0.717) is 31.6 Å². The molecular formula is C74H144O17P2. The summed E-state index contributed by atoms with van der Waals surface area (Å²) < 4.78 is 68.4. The molecule has 0 aromatic heterocycles. The van der Waals surface area contributed by atoms with Crippen LogP contribution in [0.4, 0.5) is 0 Å².